The SMILES string of the molecule is CC(CCC(=O)O)[C@H]1CCC2C3C(O)CC4C[C@@H](NC(=O)CN(CCN(CC(=O)O)CC(=O)O)CCN(CC(=O)O)CC(=O)O)CC[C@]4(C)C3C[C@H](O)[C@@]21C. The van der Waals surface area contributed by atoms with Gasteiger partial charge in [-0.05, 0) is 97.7 Å². The molecule has 0 aromatic carbocycles. The largest absolute Gasteiger partial charge is 0.481 e. The van der Waals surface area contributed by atoms with Gasteiger partial charge < -0.3 is 41.1 Å². The van der Waals surface area contributed by atoms with Crippen molar-refractivity contribution in [1.82, 2.24) is 20.0 Å². The maximum Gasteiger partial charge on any atom is 0.317 e. The van der Waals surface area contributed by atoms with E-state index in [9.17, 15) is 64.5 Å². The molecule has 0 saturated heterocycles. The molecule has 17 heteroatoms. The molecule has 4 rings (SSSR count). The fourth-order valence-electron chi connectivity index (χ4n) is 11.3. The van der Waals surface area contributed by atoms with Gasteiger partial charge in [-0.3, -0.25) is 43.5 Å². The van der Waals surface area contributed by atoms with Crippen molar-refractivity contribution in [3.8, 4) is 0 Å². The van der Waals surface area contributed by atoms with Crippen LogP contribution in [0, 0.1) is 46.3 Å². The maximum absolute atomic E-state index is 13.6. The lowest BCUT2D eigenvalue weighted by Crippen LogP contribution is -2.63. The van der Waals surface area contributed by atoms with Gasteiger partial charge >= 0.3 is 29.8 Å². The average Bonchev–Trinajstić information content (AvgIpc) is 3.43. The molecule has 4 aliphatic rings. The highest BCUT2D eigenvalue weighted by Gasteiger charge is 2.65. The average molecular weight is 783 g/mol. The Labute approximate surface area is 322 Å². The van der Waals surface area contributed by atoms with Gasteiger partial charge in [0.05, 0.1) is 44.9 Å². The standard InChI is InChI=1S/C38H62N4O13/c1-22(4-7-31(46)47)25-5-6-26-36-27(16-29(44)38(25,26)3)37(2)9-8-24(14-23(37)15-28(36)43)39-30(45)17-40(10-12-41(18-32(48)49)19-33(50)51)11-13-42(20-34(52)53)21-35(54)55/h22-29,36,43-44H,4-21H2,1-3H3,(H,39,45)(H,46,47)(H,48,49)(H,50,51)(H,52,53)(H,54,55)/t22?,23?,24-,25+,26?,27?,28?,29-,36?,37-,38+/m0/s1. The number of carboxylic acid groups (broad SMARTS) is 5. The Hall–Kier alpha value is -3.38. The summed E-state index contributed by atoms with van der Waals surface area (Å²) >= 11 is 0. The van der Waals surface area contributed by atoms with Crippen molar-refractivity contribution in [3.05, 3.63) is 0 Å². The highest BCUT2D eigenvalue weighted by atomic mass is 16.4. The number of nitrogens with one attached hydrogen (secondary N) is 1. The molecule has 11 atom stereocenters. The van der Waals surface area contributed by atoms with Crippen molar-refractivity contribution in [2.75, 3.05) is 58.9 Å². The zero-order valence-electron chi connectivity index (χ0n) is 32.3. The minimum Gasteiger partial charge on any atom is -0.481 e. The summed E-state index contributed by atoms with van der Waals surface area (Å²) in [6.45, 7) is 4.21. The summed E-state index contributed by atoms with van der Waals surface area (Å²) in [6.07, 6.45) is 4.52. The quantitative estimate of drug-likeness (QED) is 0.0801. The number of hydrogen-bond donors (Lipinski definition) is 8. The van der Waals surface area contributed by atoms with Crippen molar-refractivity contribution < 1.29 is 64.5 Å². The van der Waals surface area contributed by atoms with Gasteiger partial charge in [-0.15, -0.1) is 0 Å². The first kappa shape index (κ1) is 44.3. The van der Waals surface area contributed by atoms with Crippen molar-refractivity contribution in [2.45, 2.75) is 96.8 Å². The molecular weight excluding hydrogens is 720 g/mol. The number of aliphatic hydroxyl groups excluding tert-OH is 2. The molecule has 0 aromatic heterocycles. The lowest BCUT2D eigenvalue weighted by atomic mass is 9.43. The lowest BCUT2D eigenvalue weighted by Gasteiger charge is -2.63. The van der Waals surface area contributed by atoms with Crippen LogP contribution in [0.4, 0.5) is 0 Å². The van der Waals surface area contributed by atoms with Gasteiger partial charge in [0, 0.05) is 38.6 Å². The minimum absolute atomic E-state index is 0.0228. The molecule has 0 aromatic rings. The molecular formula is C38H62N4O13. The summed E-state index contributed by atoms with van der Waals surface area (Å²) < 4.78 is 0. The van der Waals surface area contributed by atoms with Gasteiger partial charge in [0.2, 0.25) is 5.91 Å². The second-order valence-electron chi connectivity index (χ2n) is 17.3. The van der Waals surface area contributed by atoms with Crippen LogP contribution in [0.1, 0.15) is 78.6 Å². The highest BCUT2D eigenvalue weighted by Crippen LogP contribution is 2.68. The van der Waals surface area contributed by atoms with Crippen molar-refractivity contribution in [2.24, 2.45) is 46.3 Å². The zero-order valence-corrected chi connectivity index (χ0v) is 32.3. The normalized spacial score (nSPS) is 33.4. The zero-order chi connectivity index (χ0) is 40.8. The number of amides is 1. The van der Waals surface area contributed by atoms with Crippen LogP contribution in [0.15, 0.2) is 0 Å². The predicted molar refractivity (Wildman–Crippen MR) is 196 cm³/mol. The van der Waals surface area contributed by atoms with Gasteiger partial charge in [-0.1, -0.05) is 20.8 Å². The van der Waals surface area contributed by atoms with Gasteiger partial charge in [-0.25, -0.2) is 0 Å². The second kappa shape index (κ2) is 18.7. The minimum atomic E-state index is -1.23. The number of hydrogen-bond acceptors (Lipinski definition) is 11. The summed E-state index contributed by atoms with van der Waals surface area (Å²) in [6, 6.07) is -0.202. The van der Waals surface area contributed by atoms with E-state index in [1.807, 2.05) is 0 Å². The van der Waals surface area contributed by atoms with Crippen LogP contribution in [0.2, 0.25) is 0 Å². The van der Waals surface area contributed by atoms with Gasteiger partial charge in [0.25, 0.3) is 0 Å². The molecule has 4 fully saturated rings. The van der Waals surface area contributed by atoms with Crippen LogP contribution in [-0.2, 0) is 28.8 Å². The van der Waals surface area contributed by atoms with Crippen LogP contribution in [0.5, 0.6) is 0 Å². The molecule has 55 heavy (non-hydrogen) atoms. The van der Waals surface area contributed by atoms with Gasteiger partial charge in [0.15, 0.2) is 0 Å². The summed E-state index contributed by atoms with van der Waals surface area (Å²) in [5.74, 6) is -5.44. The van der Waals surface area contributed by atoms with Crippen LogP contribution in [0.3, 0.4) is 0 Å². The molecule has 17 nitrogen and oxygen atoms in total. The molecule has 0 radical (unpaired) electrons. The fourth-order valence-corrected chi connectivity index (χ4v) is 11.3. The van der Waals surface area contributed by atoms with E-state index >= 15 is 0 Å². The van der Waals surface area contributed by atoms with E-state index in [-0.39, 0.29) is 92.0 Å². The summed E-state index contributed by atoms with van der Waals surface area (Å²) in [5, 5.41) is 73.2. The molecule has 312 valence electrons. The van der Waals surface area contributed by atoms with E-state index in [1.54, 1.807) is 4.90 Å². The Morgan fingerprint density at radius 1 is 0.673 bits per heavy atom. The maximum atomic E-state index is 13.6. The Bertz CT molecular complexity index is 1340. The van der Waals surface area contributed by atoms with E-state index < -0.39 is 73.6 Å². The van der Waals surface area contributed by atoms with Gasteiger partial charge in [-0.2, -0.15) is 0 Å². The summed E-state index contributed by atoms with van der Waals surface area (Å²) in [7, 11) is 0. The molecule has 0 bridgehead atoms. The Morgan fingerprint density at radius 2 is 1.20 bits per heavy atom. The number of nitrogens with zero attached hydrogens (tertiary/aromatic N) is 3. The molecule has 4 aliphatic carbocycles. The van der Waals surface area contributed by atoms with Crippen molar-refractivity contribution in [3.63, 3.8) is 0 Å². The van der Waals surface area contributed by atoms with E-state index in [0.29, 0.717) is 32.1 Å². The predicted octanol–water partition coefficient (Wildman–Crippen LogP) is 0.817. The lowest BCUT2D eigenvalue weighted by molar-refractivity contribution is -0.202. The first-order valence-electron chi connectivity index (χ1n) is 19.7. The Balaban J connectivity index is 1.42. The van der Waals surface area contributed by atoms with Crippen molar-refractivity contribution in [1.29, 1.82) is 0 Å². The Kier molecular flexibility index (Phi) is 15.1. The number of carbonyl (C=O) groups excluding carboxylic acids is 1. The smallest absolute Gasteiger partial charge is 0.317 e. The molecule has 8 N–H and O–H groups in total. The molecule has 6 unspecified atom stereocenters. The van der Waals surface area contributed by atoms with E-state index in [0.717, 1.165) is 19.3 Å². The van der Waals surface area contributed by atoms with Crippen LogP contribution >= 0.6 is 0 Å². The molecule has 0 heterocycles. The van der Waals surface area contributed by atoms with Crippen LogP contribution < -0.4 is 5.32 Å². The molecule has 0 spiro atoms. The summed E-state index contributed by atoms with van der Waals surface area (Å²) in [4.78, 5) is 74.3. The number of fused-ring (bicyclic) bond motifs is 5. The summed E-state index contributed by atoms with van der Waals surface area (Å²) in [5.41, 5.74) is -0.571. The topological polar surface area (TPSA) is 266 Å². The van der Waals surface area contributed by atoms with E-state index in [4.69, 9.17) is 0 Å². The van der Waals surface area contributed by atoms with E-state index in [2.05, 4.69) is 26.1 Å². The van der Waals surface area contributed by atoms with Crippen LogP contribution in [0.25, 0.3) is 0 Å². The fraction of sp³-hybridized carbons (Fsp3) is 0.842. The first-order chi connectivity index (χ1) is 25.7. The van der Waals surface area contributed by atoms with Gasteiger partial charge in [0.1, 0.15) is 0 Å². The Morgan fingerprint density at radius 3 is 1.71 bits per heavy atom. The molecule has 4 saturated carbocycles. The third-order valence-electron chi connectivity index (χ3n) is 14.0. The third kappa shape index (κ3) is 10.9. The third-order valence-corrected chi connectivity index (χ3v) is 14.0. The monoisotopic (exact) mass is 782 g/mol. The number of carboxylic acids is 5. The number of rotatable bonds is 21. The number of aliphatic hydroxyl groups is 2. The van der Waals surface area contributed by atoms with Crippen molar-refractivity contribution >= 4 is 35.8 Å². The number of aliphatic carboxylic acids is 5. The first-order valence-corrected chi connectivity index (χ1v) is 19.7. The molecule has 1 amide bonds. The number of carbonyl (C=O) groups is 6. The molecule has 0 aliphatic heterocycles. The highest BCUT2D eigenvalue weighted by molar-refractivity contribution is 5.78. The second-order valence-corrected chi connectivity index (χ2v) is 17.3. The van der Waals surface area contributed by atoms with E-state index in [1.165, 1.54) is 9.80 Å². The van der Waals surface area contributed by atoms with Crippen LogP contribution in [-0.4, -0.2) is 163 Å².